The molecule has 1 aliphatic carbocycles. The van der Waals surface area contributed by atoms with Crippen molar-refractivity contribution < 1.29 is 9.21 Å². The van der Waals surface area contributed by atoms with Crippen LogP contribution in [0.5, 0.6) is 0 Å². The van der Waals surface area contributed by atoms with E-state index in [1.807, 2.05) is 12.1 Å². The van der Waals surface area contributed by atoms with E-state index in [0.29, 0.717) is 22.3 Å². The van der Waals surface area contributed by atoms with Crippen molar-refractivity contribution in [1.29, 1.82) is 10.5 Å². The van der Waals surface area contributed by atoms with E-state index in [1.165, 1.54) is 0 Å². The van der Waals surface area contributed by atoms with Gasteiger partial charge in [0.2, 0.25) is 0 Å². The number of nitriles is 2. The first kappa shape index (κ1) is 11.5. The van der Waals surface area contributed by atoms with Crippen LogP contribution in [0, 0.1) is 22.7 Å². The SMILES string of the molecule is N#CC(C#N)=C1CC(=O)c2cc3cc(Cl)oc3cc21. The highest BCUT2D eigenvalue weighted by molar-refractivity contribution is 6.30. The molecule has 0 fully saturated rings. The molecule has 0 spiro atoms. The van der Waals surface area contributed by atoms with Crippen LogP contribution in [0.25, 0.3) is 16.5 Å². The number of ketones is 1. The van der Waals surface area contributed by atoms with Crippen LogP contribution in [0.2, 0.25) is 5.22 Å². The zero-order valence-corrected chi connectivity index (χ0v) is 10.3. The van der Waals surface area contributed by atoms with Gasteiger partial charge in [-0.1, -0.05) is 0 Å². The highest BCUT2D eigenvalue weighted by Crippen LogP contribution is 2.38. The van der Waals surface area contributed by atoms with Gasteiger partial charge < -0.3 is 4.42 Å². The Morgan fingerprint density at radius 3 is 2.63 bits per heavy atom. The van der Waals surface area contributed by atoms with Crippen LogP contribution >= 0.6 is 11.6 Å². The van der Waals surface area contributed by atoms with Crippen molar-refractivity contribution in [2.45, 2.75) is 6.42 Å². The summed E-state index contributed by atoms with van der Waals surface area (Å²) in [6.45, 7) is 0. The molecular weight excluding hydrogens is 264 g/mol. The van der Waals surface area contributed by atoms with Gasteiger partial charge in [0.05, 0.1) is 0 Å². The van der Waals surface area contributed by atoms with Crippen LogP contribution in [0.4, 0.5) is 0 Å². The lowest BCUT2D eigenvalue weighted by Gasteiger charge is -1.99. The van der Waals surface area contributed by atoms with Gasteiger partial charge in [0, 0.05) is 23.4 Å². The van der Waals surface area contributed by atoms with Crippen LogP contribution in [0.15, 0.2) is 28.2 Å². The number of hydrogen-bond donors (Lipinski definition) is 0. The third-order valence-corrected chi connectivity index (χ3v) is 3.30. The van der Waals surface area contributed by atoms with Gasteiger partial charge in [-0.3, -0.25) is 4.79 Å². The Kier molecular flexibility index (Phi) is 2.41. The number of rotatable bonds is 0. The minimum absolute atomic E-state index is 0.0379. The molecule has 4 nitrogen and oxygen atoms in total. The molecule has 0 unspecified atom stereocenters. The van der Waals surface area contributed by atoms with Gasteiger partial charge >= 0.3 is 0 Å². The molecule has 0 N–H and O–H groups in total. The third-order valence-electron chi connectivity index (χ3n) is 3.11. The number of nitrogens with zero attached hydrogens (tertiary/aromatic N) is 2. The quantitative estimate of drug-likeness (QED) is 0.685. The van der Waals surface area contributed by atoms with Gasteiger partial charge in [-0.15, -0.1) is 0 Å². The van der Waals surface area contributed by atoms with E-state index in [2.05, 4.69) is 0 Å². The normalized spacial score (nSPS) is 13.2. The first-order chi connectivity index (χ1) is 9.13. The van der Waals surface area contributed by atoms with Crippen molar-refractivity contribution in [2.75, 3.05) is 0 Å². The molecule has 0 bridgehead atoms. The highest BCUT2D eigenvalue weighted by Gasteiger charge is 2.28. The van der Waals surface area contributed by atoms with Crippen LogP contribution in [-0.4, -0.2) is 5.78 Å². The molecular formula is C14H5ClN2O2. The number of carbonyl (C=O) groups excluding carboxylic acids is 1. The largest absolute Gasteiger partial charge is 0.445 e. The van der Waals surface area contributed by atoms with Crippen molar-refractivity contribution in [1.82, 2.24) is 0 Å². The van der Waals surface area contributed by atoms with Crippen LogP contribution in [0.1, 0.15) is 22.3 Å². The number of fused-ring (bicyclic) bond motifs is 2. The fourth-order valence-corrected chi connectivity index (χ4v) is 2.47. The maximum atomic E-state index is 11.9. The monoisotopic (exact) mass is 268 g/mol. The zero-order valence-electron chi connectivity index (χ0n) is 9.53. The summed E-state index contributed by atoms with van der Waals surface area (Å²) in [5.74, 6) is -0.104. The van der Waals surface area contributed by atoms with Crippen molar-refractivity contribution in [3.05, 3.63) is 40.1 Å². The number of hydrogen-bond acceptors (Lipinski definition) is 4. The van der Waals surface area contributed by atoms with E-state index >= 15 is 0 Å². The van der Waals surface area contributed by atoms with Gasteiger partial charge in [0.25, 0.3) is 0 Å². The Balaban J connectivity index is 2.36. The lowest BCUT2D eigenvalue weighted by atomic mass is 10.0. The van der Waals surface area contributed by atoms with Gasteiger partial charge in [0.15, 0.2) is 11.0 Å². The van der Waals surface area contributed by atoms with Gasteiger partial charge in [0.1, 0.15) is 23.3 Å². The fourth-order valence-electron chi connectivity index (χ4n) is 2.27. The minimum Gasteiger partial charge on any atom is -0.445 e. The molecule has 0 saturated heterocycles. The summed E-state index contributed by atoms with van der Waals surface area (Å²) in [5.41, 5.74) is 2.04. The number of allylic oxidation sites excluding steroid dienone is 2. The minimum atomic E-state index is -0.104. The number of carbonyl (C=O) groups is 1. The second-order valence-corrected chi connectivity index (χ2v) is 4.54. The second kappa shape index (κ2) is 3.98. The molecule has 0 aliphatic heterocycles. The molecule has 1 aromatic carbocycles. The maximum Gasteiger partial charge on any atom is 0.194 e. The highest BCUT2D eigenvalue weighted by atomic mass is 35.5. The molecule has 0 radical (unpaired) electrons. The first-order valence-electron chi connectivity index (χ1n) is 5.44. The van der Waals surface area contributed by atoms with E-state index in [4.69, 9.17) is 26.5 Å². The predicted molar refractivity (Wildman–Crippen MR) is 68.3 cm³/mol. The Bertz CT molecular complexity index is 831. The third kappa shape index (κ3) is 1.62. The number of benzene rings is 1. The summed E-state index contributed by atoms with van der Waals surface area (Å²) >= 11 is 5.77. The zero-order chi connectivity index (χ0) is 13.6. The smallest absolute Gasteiger partial charge is 0.194 e. The lowest BCUT2D eigenvalue weighted by molar-refractivity contribution is 0.100. The molecule has 1 aliphatic rings. The summed E-state index contributed by atoms with van der Waals surface area (Å²) < 4.78 is 5.29. The van der Waals surface area contributed by atoms with Crippen molar-refractivity contribution in [3.8, 4) is 12.1 Å². The Labute approximate surface area is 113 Å². The second-order valence-electron chi connectivity index (χ2n) is 4.16. The fraction of sp³-hybridized carbons (Fsp3) is 0.0714. The van der Waals surface area contributed by atoms with E-state index < -0.39 is 0 Å². The van der Waals surface area contributed by atoms with Gasteiger partial charge in [-0.05, 0) is 34.9 Å². The molecule has 0 amide bonds. The average molecular weight is 269 g/mol. The predicted octanol–water partition coefficient (Wildman–Crippen LogP) is 3.47. The molecule has 90 valence electrons. The van der Waals surface area contributed by atoms with Crippen LogP contribution in [0.3, 0.4) is 0 Å². The Morgan fingerprint density at radius 2 is 1.95 bits per heavy atom. The summed E-state index contributed by atoms with van der Waals surface area (Å²) in [4.78, 5) is 11.9. The van der Waals surface area contributed by atoms with Crippen molar-refractivity contribution in [3.63, 3.8) is 0 Å². The van der Waals surface area contributed by atoms with Crippen LogP contribution < -0.4 is 0 Å². The van der Waals surface area contributed by atoms with Crippen molar-refractivity contribution in [2.24, 2.45) is 0 Å². The molecule has 1 aromatic heterocycles. The molecule has 19 heavy (non-hydrogen) atoms. The molecule has 2 aromatic rings. The van der Waals surface area contributed by atoms with E-state index in [1.54, 1.807) is 18.2 Å². The first-order valence-corrected chi connectivity index (χ1v) is 5.82. The molecule has 0 saturated carbocycles. The van der Waals surface area contributed by atoms with E-state index in [0.717, 1.165) is 5.39 Å². The maximum absolute atomic E-state index is 11.9. The topological polar surface area (TPSA) is 77.8 Å². The van der Waals surface area contributed by atoms with E-state index in [-0.39, 0.29) is 23.0 Å². The molecule has 0 atom stereocenters. The molecule has 5 heteroatoms. The summed E-state index contributed by atoms with van der Waals surface area (Å²) in [6.07, 6.45) is 0.0755. The Morgan fingerprint density at radius 1 is 1.21 bits per heavy atom. The number of halogens is 1. The van der Waals surface area contributed by atoms with Gasteiger partial charge in [-0.25, -0.2) is 0 Å². The standard InChI is InChI=1S/C14H5ClN2O2/c15-14-2-7-1-11-10(4-13(7)19-14)9(3-12(11)18)8(5-16)6-17/h1-2,4H,3H2. The summed E-state index contributed by atoms with van der Waals surface area (Å²) in [6, 6.07) is 8.60. The van der Waals surface area contributed by atoms with Gasteiger partial charge in [-0.2, -0.15) is 10.5 Å². The summed E-state index contributed by atoms with van der Waals surface area (Å²) in [5, 5.41) is 18.8. The van der Waals surface area contributed by atoms with E-state index in [9.17, 15) is 4.79 Å². The number of furan rings is 1. The van der Waals surface area contributed by atoms with Crippen LogP contribution in [-0.2, 0) is 0 Å². The number of Topliss-reactive ketones (excluding diaryl/α,β-unsaturated/α-hetero) is 1. The summed E-state index contributed by atoms with van der Waals surface area (Å²) in [7, 11) is 0. The Hall–Kier alpha value is -2.56. The average Bonchev–Trinajstić information content (AvgIpc) is 2.89. The lowest BCUT2D eigenvalue weighted by Crippen LogP contribution is -1.89. The molecule has 3 rings (SSSR count). The molecule has 1 heterocycles. The van der Waals surface area contributed by atoms with Crippen molar-refractivity contribution >= 4 is 33.9 Å².